The summed E-state index contributed by atoms with van der Waals surface area (Å²) >= 11 is 0. The van der Waals surface area contributed by atoms with Gasteiger partial charge in [0.25, 0.3) is 0 Å². The lowest BCUT2D eigenvalue weighted by molar-refractivity contribution is -0.754. The molecule has 15 heavy (non-hydrogen) atoms. The van der Waals surface area contributed by atoms with Crippen LogP contribution in [0.3, 0.4) is 0 Å². The average molecular weight is 229 g/mol. The molecule has 1 aromatic rings. The van der Waals surface area contributed by atoms with Crippen LogP contribution < -0.4 is 9.40 Å². The van der Waals surface area contributed by atoms with Crippen LogP contribution in [0.15, 0.2) is 18.5 Å². The minimum Gasteiger partial charge on any atom is -0.442 e. The van der Waals surface area contributed by atoms with Crippen LogP contribution in [-0.4, -0.2) is 28.6 Å². The van der Waals surface area contributed by atoms with Crippen molar-refractivity contribution < 1.29 is 18.8 Å². The fraction of sp³-hybridized carbons (Fsp3) is 0.250. The summed E-state index contributed by atoms with van der Waals surface area (Å²) in [6.45, 7) is 0.343. The van der Waals surface area contributed by atoms with Gasteiger partial charge in [0.1, 0.15) is 12.8 Å². The molecule has 1 rings (SSSR count). The molecule has 0 aromatic carbocycles. The van der Waals surface area contributed by atoms with E-state index in [-0.39, 0.29) is 6.61 Å². The number of carbonyl (C=O) groups excluding carboxylic acids is 1. The Morgan fingerprint density at radius 2 is 2.47 bits per heavy atom. The molecule has 0 fully saturated rings. The third kappa shape index (κ3) is 3.64. The zero-order chi connectivity index (χ0) is 11.3. The second kappa shape index (κ2) is 5.42. The summed E-state index contributed by atoms with van der Waals surface area (Å²) < 4.78 is 14.2. The molecule has 0 atom stereocenters. The molecule has 0 aliphatic rings. The predicted molar refractivity (Wildman–Crippen MR) is 54.2 cm³/mol. The average Bonchev–Trinajstić information content (AvgIpc) is 2.18. The van der Waals surface area contributed by atoms with Gasteiger partial charge in [-0.05, 0) is 5.10 Å². The van der Waals surface area contributed by atoms with Gasteiger partial charge in [0.15, 0.2) is 12.7 Å². The summed E-state index contributed by atoms with van der Waals surface area (Å²) in [5, 5.41) is 12.5. The van der Waals surface area contributed by atoms with Crippen molar-refractivity contribution in [2.45, 2.75) is 6.54 Å². The summed E-state index contributed by atoms with van der Waals surface area (Å²) in [6, 6.07) is 1.52. The number of aliphatic hydroxyl groups is 1. The predicted octanol–water partition coefficient (Wildman–Crippen LogP) is -1.60. The van der Waals surface area contributed by atoms with Crippen molar-refractivity contribution in [2.75, 3.05) is 6.61 Å². The van der Waals surface area contributed by atoms with E-state index in [1.54, 1.807) is 6.20 Å². The van der Waals surface area contributed by atoms with Gasteiger partial charge in [-0.2, -0.15) is 16.4 Å². The van der Waals surface area contributed by atoms with Crippen LogP contribution in [0.5, 0.6) is 0 Å². The number of hydrogen-bond acceptors (Lipinski definition) is 5. The summed E-state index contributed by atoms with van der Waals surface area (Å²) in [5.41, 5.74) is 0.293. The quantitative estimate of drug-likeness (QED) is 0.370. The molecule has 6 nitrogen and oxygen atoms in total. The van der Waals surface area contributed by atoms with Crippen molar-refractivity contribution in [3.05, 3.63) is 24.0 Å². The van der Waals surface area contributed by atoms with Crippen LogP contribution in [0.2, 0.25) is 0 Å². The zero-order valence-corrected chi connectivity index (χ0v) is 8.74. The molecule has 0 radical (unpaired) electrons. The number of rotatable bonds is 4. The minimum atomic E-state index is -1.63. The maximum atomic E-state index is 11.3. The highest BCUT2D eigenvalue weighted by atomic mass is 32.2. The standard InChI is InChI=1S/C8H10N3O3S/c1-15(14)10-8(13)7-2-3-11(4-5-12)9-6-7/h2-3,6,12H,1,4-5H2/q-1/p+1. The highest BCUT2D eigenvalue weighted by Crippen LogP contribution is 1.92. The summed E-state index contributed by atoms with van der Waals surface area (Å²) in [5.74, 6) is 2.64. The fourth-order valence-electron chi connectivity index (χ4n) is 0.916. The van der Waals surface area contributed by atoms with Crippen molar-refractivity contribution in [1.82, 2.24) is 9.82 Å². The molecule has 0 bridgehead atoms. The third-order valence-electron chi connectivity index (χ3n) is 1.57. The molecule has 2 N–H and O–H groups in total. The summed E-state index contributed by atoms with van der Waals surface area (Å²) in [4.78, 5) is 11.3. The number of aromatic nitrogens is 2. The van der Waals surface area contributed by atoms with Gasteiger partial charge < -0.3 is 14.0 Å². The molecule has 1 aromatic heterocycles. The van der Waals surface area contributed by atoms with E-state index in [0.717, 1.165) is 0 Å². The van der Waals surface area contributed by atoms with E-state index in [2.05, 4.69) is 15.7 Å². The number of aliphatic hydroxyl groups excluding tert-OH is 1. The minimum absolute atomic E-state index is 0.0217. The zero-order valence-electron chi connectivity index (χ0n) is 7.92. The lowest BCUT2D eigenvalue weighted by Crippen LogP contribution is -2.39. The van der Waals surface area contributed by atoms with Gasteiger partial charge in [-0.25, -0.2) is 0 Å². The normalized spacial score (nSPS) is 10.3. The molecule has 1 heterocycles. The largest absolute Gasteiger partial charge is 0.442 e. The van der Waals surface area contributed by atoms with E-state index in [1.165, 1.54) is 16.9 Å². The molecule has 0 unspecified atom stereocenters. The molecule has 0 saturated heterocycles. The van der Waals surface area contributed by atoms with Crippen LogP contribution in [0, 0.1) is 0 Å². The molecular formula is C8H11N3O3S. The molecule has 82 valence electrons. The van der Waals surface area contributed by atoms with Gasteiger partial charge in [-0.15, -0.1) is 0 Å². The van der Waals surface area contributed by atoms with Crippen molar-refractivity contribution in [1.29, 1.82) is 0 Å². The fourth-order valence-corrected chi connectivity index (χ4v) is 1.24. The van der Waals surface area contributed by atoms with Crippen LogP contribution in [0.4, 0.5) is 0 Å². The molecule has 0 spiro atoms. The van der Waals surface area contributed by atoms with E-state index in [1.807, 2.05) is 0 Å². The second-order valence-corrected chi connectivity index (χ2v) is 3.57. The number of nitrogens with one attached hydrogen (secondary N) is 1. The van der Waals surface area contributed by atoms with Crippen molar-refractivity contribution in [3.8, 4) is 0 Å². The Labute approximate surface area is 88.7 Å². The molecule has 1 amide bonds. The summed E-state index contributed by atoms with van der Waals surface area (Å²) in [6.07, 6.45) is 2.88. The maximum Gasteiger partial charge on any atom is 0.236 e. The highest BCUT2D eigenvalue weighted by Gasteiger charge is 2.06. The topological polar surface area (TPSA) is 83.2 Å². The van der Waals surface area contributed by atoms with Crippen LogP contribution >= 0.6 is 0 Å². The second-order valence-electron chi connectivity index (χ2n) is 2.68. The first-order valence-electron chi connectivity index (χ1n) is 4.12. The number of amides is 1. The lowest BCUT2D eigenvalue weighted by Gasteiger charge is -2.04. The van der Waals surface area contributed by atoms with Crippen LogP contribution in [-0.2, 0) is 21.3 Å². The Bertz CT molecular complexity index is 406. The Balaban J connectivity index is 2.75. The molecule has 7 heteroatoms. The van der Waals surface area contributed by atoms with Gasteiger partial charge in [-0.3, -0.25) is 4.79 Å². The SMILES string of the molecule is C=[S-](=O)NC(=O)c1cc[n+](CCO)nc1. The summed E-state index contributed by atoms with van der Waals surface area (Å²) in [7, 11) is -1.63. The van der Waals surface area contributed by atoms with Crippen LogP contribution in [0.1, 0.15) is 10.4 Å². The van der Waals surface area contributed by atoms with E-state index in [9.17, 15) is 9.00 Å². The van der Waals surface area contributed by atoms with Crippen molar-refractivity contribution in [2.24, 2.45) is 0 Å². The first-order valence-corrected chi connectivity index (χ1v) is 5.44. The smallest absolute Gasteiger partial charge is 0.236 e. The number of carbonyl (C=O) groups is 1. The number of nitrogens with zero attached hydrogens (tertiary/aromatic N) is 2. The first kappa shape index (κ1) is 11.6. The van der Waals surface area contributed by atoms with Gasteiger partial charge in [0, 0.05) is 6.07 Å². The van der Waals surface area contributed by atoms with Gasteiger partial charge in [-0.1, -0.05) is 4.68 Å². The van der Waals surface area contributed by atoms with Crippen molar-refractivity contribution in [3.63, 3.8) is 0 Å². The Hall–Kier alpha value is -1.47. The molecular weight excluding hydrogens is 218 g/mol. The van der Waals surface area contributed by atoms with Crippen LogP contribution in [0.25, 0.3) is 0 Å². The molecule has 0 aliphatic carbocycles. The first-order chi connectivity index (χ1) is 7.13. The van der Waals surface area contributed by atoms with E-state index >= 15 is 0 Å². The van der Waals surface area contributed by atoms with Crippen molar-refractivity contribution >= 4 is 22.4 Å². The van der Waals surface area contributed by atoms with E-state index < -0.39 is 16.5 Å². The monoisotopic (exact) mass is 229 g/mol. The van der Waals surface area contributed by atoms with Gasteiger partial charge >= 0.3 is 0 Å². The molecule has 0 saturated carbocycles. The lowest BCUT2D eigenvalue weighted by atomic mass is 10.3. The number of hydrogen-bond donors (Lipinski definition) is 2. The molecule has 0 aliphatic heterocycles. The maximum absolute atomic E-state index is 11.3. The Morgan fingerprint density at radius 1 is 1.73 bits per heavy atom. The van der Waals surface area contributed by atoms with Gasteiger partial charge in [0.05, 0.1) is 5.56 Å². The Kier molecular flexibility index (Phi) is 4.19. The van der Waals surface area contributed by atoms with E-state index in [4.69, 9.17) is 5.11 Å². The Morgan fingerprint density at radius 3 is 2.93 bits per heavy atom. The highest BCUT2D eigenvalue weighted by molar-refractivity contribution is 7.81. The third-order valence-corrected chi connectivity index (χ3v) is 1.98. The van der Waals surface area contributed by atoms with Gasteiger partial charge in [0.2, 0.25) is 5.91 Å². The van der Waals surface area contributed by atoms with E-state index in [0.29, 0.717) is 12.1 Å².